The average molecular weight is 299 g/mol. The van der Waals surface area contributed by atoms with Gasteiger partial charge in [0.2, 0.25) is 0 Å². The molecule has 0 bridgehead atoms. The van der Waals surface area contributed by atoms with Crippen LogP contribution in [0.1, 0.15) is 26.5 Å². The molecule has 0 fully saturated rings. The maximum atomic E-state index is 14.6. The van der Waals surface area contributed by atoms with Gasteiger partial charge in [0.25, 0.3) is 0 Å². The third-order valence-electron chi connectivity index (χ3n) is 3.25. The molecule has 2 heterocycles. The Kier molecular flexibility index (Phi) is 3.35. The fourth-order valence-corrected chi connectivity index (χ4v) is 2.42. The van der Waals surface area contributed by atoms with Gasteiger partial charge >= 0.3 is 0 Å². The highest BCUT2D eigenvalue weighted by atomic mass is 19.1. The zero-order valence-electron chi connectivity index (χ0n) is 13.1. The number of hydrogen-bond donors (Lipinski definition) is 0. The van der Waals surface area contributed by atoms with Crippen molar-refractivity contribution >= 4 is 5.65 Å². The fourth-order valence-electron chi connectivity index (χ4n) is 2.42. The molecule has 0 aliphatic rings. The van der Waals surface area contributed by atoms with Crippen molar-refractivity contribution in [2.24, 2.45) is 0 Å². The minimum Gasteiger partial charge on any atom is -0.488 e. The van der Waals surface area contributed by atoms with Gasteiger partial charge in [-0.1, -0.05) is 0 Å². The Morgan fingerprint density at radius 2 is 1.95 bits per heavy atom. The van der Waals surface area contributed by atoms with E-state index in [0.717, 1.165) is 5.69 Å². The van der Waals surface area contributed by atoms with Gasteiger partial charge in [0.05, 0.1) is 17.6 Å². The average Bonchev–Trinajstić information content (AvgIpc) is 2.86. The van der Waals surface area contributed by atoms with E-state index in [2.05, 4.69) is 9.97 Å². The number of fused-ring (bicyclic) bond motifs is 1. The molecule has 0 amide bonds. The number of benzene rings is 1. The molecule has 4 nitrogen and oxygen atoms in total. The van der Waals surface area contributed by atoms with Gasteiger partial charge in [0.1, 0.15) is 17.2 Å². The smallest absolute Gasteiger partial charge is 0.155 e. The second-order valence-electron chi connectivity index (χ2n) is 6.20. The van der Waals surface area contributed by atoms with E-state index in [1.54, 1.807) is 30.7 Å². The summed E-state index contributed by atoms with van der Waals surface area (Å²) in [5, 5.41) is 0. The van der Waals surface area contributed by atoms with Gasteiger partial charge in [-0.05, 0) is 39.8 Å². The highest BCUT2D eigenvalue weighted by Crippen LogP contribution is 2.29. The lowest BCUT2D eigenvalue weighted by Gasteiger charge is -2.21. The van der Waals surface area contributed by atoms with Crippen LogP contribution >= 0.6 is 0 Å². The normalized spacial score (nSPS) is 11.9. The van der Waals surface area contributed by atoms with Gasteiger partial charge in [-0.2, -0.15) is 0 Å². The maximum absolute atomic E-state index is 14.6. The van der Waals surface area contributed by atoms with Crippen molar-refractivity contribution in [2.75, 3.05) is 0 Å². The van der Waals surface area contributed by atoms with Crippen LogP contribution in [0, 0.1) is 12.7 Å². The van der Waals surface area contributed by atoms with Crippen molar-refractivity contribution in [3.05, 3.63) is 48.3 Å². The van der Waals surface area contributed by atoms with E-state index in [4.69, 9.17) is 4.74 Å². The number of aromatic nitrogens is 3. The van der Waals surface area contributed by atoms with Gasteiger partial charge in [-0.25, -0.2) is 9.37 Å². The minimum absolute atomic E-state index is 0.340. The Hall–Kier alpha value is -2.43. The van der Waals surface area contributed by atoms with Crippen molar-refractivity contribution in [3.63, 3.8) is 0 Å². The number of aryl methyl sites for hydroxylation is 1. The molecule has 22 heavy (non-hydrogen) atoms. The zero-order chi connectivity index (χ0) is 15.9. The van der Waals surface area contributed by atoms with Crippen molar-refractivity contribution in [2.45, 2.75) is 33.3 Å². The van der Waals surface area contributed by atoms with Crippen LogP contribution in [0.4, 0.5) is 4.39 Å². The van der Waals surface area contributed by atoms with Gasteiger partial charge in [-0.3, -0.25) is 9.38 Å². The van der Waals surface area contributed by atoms with Crippen LogP contribution in [0.3, 0.4) is 0 Å². The molecule has 0 spiro atoms. The van der Waals surface area contributed by atoms with Gasteiger partial charge in [0.15, 0.2) is 5.65 Å². The first-order valence-electron chi connectivity index (χ1n) is 7.13. The summed E-state index contributed by atoms with van der Waals surface area (Å²) in [6.07, 6.45) is 5.15. The molecule has 0 N–H and O–H groups in total. The zero-order valence-corrected chi connectivity index (χ0v) is 13.1. The van der Waals surface area contributed by atoms with E-state index in [1.165, 1.54) is 6.07 Å². The molecule has 0 atom stereocenters. The summed E-state index contributed by atoms with van der Waals surface area (Å²) < 4.78 is 22.1. The molecule has 1 aromatic carbocycles. The van der Waals surface area contributed by atoms with Crippen molar-refractivity contribution < 1.29 is 9.13 Å². The number of ether oxygens (including phenoxy) is 1. The summed E-state index contributed by atoms with van der Waals surface area (Å²) in [4.78, 5) is 8.49. The van der Waals surface area contributed by atoms with Crippen LogP contribution in [0.25, 0.3) is 16.9 Å². The summed E-state index contributed by atoms with van der Waals surface area (Å²) in [6, 6.07) is 4.91. The lowest BCUT2D eigenvalue weighted by atomic mass is 10.1. The van der Waals surface area contributed by atoms with E-state index in [0.29, 0.717) is 22.7 Å². The maximum Gasteiger partial charge on any atom is 0.155 e. The van der Waals surface area contributed by atoms with Crippen LogP contribution < -0.4 is 4.74 Å². The second-order valence-corrected chi connectivity index (χ2v) is 6.20. The fraction of sp³-hybridized carbons (Fsp3) is 0.294. The highest BCUT2D eigenvalue weighted by Gasteiger charge is 2.16. The standard InChI is InChI=1S/C17H18FN3O/c1-11-16(21-8-7-19-15(21)10-20-11)13-6-5-12(9-14(13)18)22-17(2,3)4/h5-10H,1-4H3. The quantitative estimate of drug-likeness (QED) is 0.717. The molecule has 2 aromatic heterocycles. The first-order valence-corrected chi connectivity index (χ1v) is 7.13. The summed E-state index contributed by atoms with van der Waals surface area (Å²) in [7, 11) is 0. The Labute approximate surface area is 128 Å². The molecule has 0 saturated heterocycles. The molecular weight excluding hydrogens is 281 g/mol. The molecule has 5 heteroatoms. The van der Waals surface area contributed by atoms with Crippen LogP contribution in [-0.2, 0) is 0 Å². The van der Waals surface area contributed by atoms with Crippen molar-refractivity contribution in [1.29, 1.82) is 0 Å². The summed E-state index contributed by atoms with van der Waals surface area (Å²) in [6.45, 7) is 7.64. The Morgan fingerprint density at radius 1 is 1.18 bits per heavy atom. The number of rotatable bonds is 2. The minimum atomic E-state index is -0.365. The van der Waals surface area contributed by atoms with E-state index in [1.807, 2.05) is 32.1 Å². The molecule has 0 aliphatic carbocycles. The van der Waals surface area contributed by atoms with Gasteiger partial charge in [0, 0.05) is 24.0 Å². The molecule has 0 aliphatic heterocycles. The predicted molar refractivity (Wildman–Crippen MR) is 83.5 cm³/mol. The van der Waals surface area contributed by atoms with E-state index in [9.17, 15) is 4.39 Å². The number of imidazole rings is 1. The molecule has 0 saturated carbocycles. The predicted octanol–water partition coefficient (Wildman–Crippen LogP) is 4.02. The van der Waals surface area contributed by atoms with Crippen LogP contribution in [-0.4, -0.2) is 20.0 Å². The molecule has 114 valence electrons. The second kappa shape index (κ2) is 5.09. The molecule has 0 unspecified atom stereocenters. The third kappa shape index (κ3) is 2.66. The molecule has 0 radical (unpaired) electrons. The lowest BCUT2D eigenvalue weighted by molar-refractivity contribution is 0.130. The summed E-state index contributed by atoms with van der Waals surface area (Å²) in [5.41, 5.74) is 2.25. The Bertz CT molecular complexity index is 834. The van der Waals surface area contributed by atoms with E-state index in [-0.39, 0.29) is 11.4 Å². The van der Waals surface area contributed by atoms with Gasteiger partial charge in [-0.15, -0.1) is 0 Å². The molecule has 3 aromatic rings. The number of halogens is 1. The van der Waals surface area contributed by atoms with Crippen molar-refractivity contribution in [1.82, 2.24) is 14.4 Å². The largest absolute Gasteiger partial charge is 0.488 e. The number of hydrogen-bond acceptors (Lipinski definition) is 3. The SMILES string of the molecule is Cc1ncc2nccn2c1-c1ccc(OC(C)(C)C)cc1F. The Morgan fingerprint density at radius 3 is 2.64 bits per heavy atom. The molecular formula is C17H18FN3O. The number of nitrogens with zero attached hydrogens (tertiary/aromatic N) is 3. The van der Waals surface area contributed by atoms with E-state index < -0.39 is 0 Å². The molecule has 3 rings (SSSR count). The van der Waals surface area contributed by atoms with Crippen LogP contribution in [0.15, 0.2) is 36.8 Å². The Balaban J connectivity index is 2.12. The van der Waals surface area contributed by atoms with Crippen molar-refractivity contribution in [3.8, 4) is 17.0 Å². The first kappa shape index (κ1) is 14.5. The summed E-state index contributed by atoms with van der Waals surface area (Å²) in [5.74, 6) is 0.171. The first-order chi connectivity index (χ1) is 10.3. The summed E-state index contributed by atoms with van der Waals surface area (Å²) >= 11 is 0. The van der Waals surface area contributed by atoms with Gasteiger partial charge < -0.3 is 4.74 Å². The third-order valence-corrected chi connectivity index (χ3v) is 3.25. The topological polar surface area (TPSA) is 39.4 Å². The van der Waals surface area contributed by atoms with Crippen LogP contribution in [0.2, 0.25) is 0 Å². The highest BCUT2D eigenvalue weighted by molar-refractivity contribution is 5.66. The lowest BCUT2D eigenvalue weighted by Crippen LogP contribution is -2.23. The monoisotopic (exact) mass is 299 g/mol. The van der Waals surface area contributed by atoms with E-state index >= 15 is 0 Å². The van der Waals surface area contributed by atoms with Crippen LogP contribution in [0.5, 0.6) is 5.75 Å².